The van der Waals surface area contributed by atoms with E-state index in [1.165, 1.54) is 25.7 Å². The van der Waals surface area contributed by atoms with Crippen LogP contribution >= 0.6 is 0 Å². The highest BCUT2D eigenvalue weighted by Gasteiger charge is 2.38. The molecule has 2 atom stereocenters. The lowest BCUT2D eigenvalue weighted by molar-refractivity contribution is -0.131. The fraction of sp³-hybridized carbons (Fsp3) is 0.889. The summed E-state index contributed by atoms with van der Waals surface area (Å²) >= 11 is 0. The molecule has 0 aromatic heterocycles. The van der Waals surface area contributed by atoms with Crippen molar-refractivity contribution in [1.29, 1.82) is 0 Å². The van der Waals surface area contributed by atoms with Gasteiger partial charge in [-0.1, -0.05) is 6.92 Å². The zero-order valence-electron chi connectivity index (χ0n) is 14.4. The van der Waals surface area contributed by atoms with Crippen molar-refractivity contribution in [3.63, 3.8) is 0 Å². The van der Waals surface area contributed by atoms with Crippen molar-refractivity contribution in [3.8, 4) is 0 Å². The van der Waals surface area contributed by atoms with Gasteiger partial charge in [-0.15, -0.1) is 0 Å². The van der Waals surface area contributed by atoms with E-state index in [1.807, 2.05) is 4.90 Å². The Morgan fingerprint density at radius 1 is 1.26 bits per heavy atom. The average molecular weight is 321 g/mol. The number of likely N-dealkylation sites (tertiary alicyclic amines) is 1. The highest BCUT2D eigenvalue weighted by molar-refractivity contribution is 5.89. The van der Waals surface area contributed by atoms with Crippen molar-refractivity contribution in [2.75, 3.05) is 26.2 Å². The normalized spacial score (nSPS) is 35.3. The van der Waals surface area contributed by atoms with Gasteiger partial charge in [-0.25, -0.2) is 0 Å². The molecular formula is C18H31N3O2. The molecule has 2 aliphatic heterocycles. The number of hydrogen-bond donors (Lipinski definition) is 2. The van der Waals surface area contributed by atoms with Crippen LogP contribution in [0.5, 0.6) is 0 Å². The lowest BCUT2D eigenvalue weighted by Crippen LogP contribution is -2.42. The second-order valence-corrected chi connectivity index (χ2v) is 7.82. The molecule has 2 unspecified atom stereocenters. The van der Waals surface area contributed by atoms with Crippen molar-refractivity contribution in [2.45, 2.75) is 57.9 Å². The Labute approximate surface area is 139 Å². The van der Waals surface area contributed by atoms with E-state index >= 15 is 0 Å². The fourth-order valence-electron chi connectivity index (χ4n) is 4.30. The minimum atomic E-state index is -0.140. The molecule has 5 heteroatoms. The molecule has 3 fully saturated rings. The van der Waals surface area contributed by atoms with Crippen LogP contribution in [0.25, 0.3) is 0 Å². The van der Waals surface area contributed by atoms with Crippen molar-refractivity contribution in [1.82, 2.24) is 15.5 Å². The lowest BCUT2D eigenvalue weighted by atomic mass is 9.87. The quantitative estimate of drug-likeness (QED) is 0.825. The first-order valence-electron chi connectivity index (χ1n) is 9.41. The lowest BCUT2D eigenvalue weighted by Gasteiger charge is -2.33. The summed E-state index contributed by atoms with van der Waals surface area (Å²) in [5.74, 6) is 1.45. The molecule has 130 valence electrons. The van der Waals surface area contributed by atoms with Crippen LogP contribution in [0.3, 0.4) is 0 Å². The van der Waals surface area contributed by atoms with E-state index in [0.717, 1.165) is 38.4 Å². The summed E-state index contributed by atoms with van der Waals surface area (Å²) in [6.45, 7) is 5.76. The maximum atomic E-state index is 12.4. The first-order valence-corrected chi connectivity index (χ1v) is 9.41. The highest BCUT2D eigenvalue weighted by Crippen LogP contribution is 2.31. The Morgan fingerprint density at radius 3 is 2.74 bits per heavy atom. The van der Waals surface area contributed by atoms with Gasteiger partial charge < -0.3 is 15.5 Å². The molecule has 0 aromatic carbocycles. The van der Waals surface area contributed by atoms with Gasteiger partial charge in [0.05, 0.1) is 5.92 Å². The van der Waals surface area contributed by atoms with E-state index in [-0.39, 0.29) is 17.7 Å². The van der Waals surface area contributed by atoms with Crippen LogP contribution in [0.15, 0.2) is 0 Å². The van der Waals surface area contributed by atoms with Gasteiger partial charge in [-0.05, 0) is 63.5 Å². The zero-order valence-corrected chi connectivity index (χ0v) is 14.4. The number of rotatable bonds is 4. The first kappa shape index (κ1) is 16.7. The number of carbonyl (C=O) groups is 2. The molecule has 5 nitrogen and oxygen atoms in total. The van der Waals surface area contributed by atoms with Crippen LogP contribution in [-0.2, 0) is 9.59 Å². The van der Waals surface area contributed by atoms with Gasteiger partial charge in [0, 0.05) is 25.6 Å². The van der Waals surface area contributed by atoms with Gasteiger partial charge in [0.25, 0.3) is 0 Å². The maximum absolute atomic E-state index is 12.4. The maximum Gasteiger partial charge on any atom is 0.225 e. The molecule has 0 aromatic rings. The zero-order chi connectivity index (χ0) is 16.2. The van der Waals surface area contributed by atoms with Gasteiger partial charge >= 0.3 is 0 Å². The monoisotopic (exact) mass is 321 g/mol. The summed E-state index contributed by atoms with van der Waals surface area (Å²) in [5, 5.41) is 6.46. The van der Waals surface area contributed by atoms with Crippen LogP contribution in [0.1, 0.15) is 51.9 Å². The van der Waals surface area contributed by atoms with Crippen LogP contribution in [0.4, 0.5) is 0 Å². The van der Waals surface area contributed by atoms with Crippen LogP contribution in [0, 0.1) is 17.8 Å². The summed E-state index contributed by atoms with van der Waals surface area (Å²) in [7, 11) is 0. The van der Waals surface area contributed by atoms with Gasteiger partial charge in [0.2, 0.25) is 11.8 Å². The molecule has 0 spiro atoms. The minimum absolute atomic E-state index is 0.0793. The van der Waals surface area contributed by atoms with Crippen molar-refractivity contribution in [2.24, 2.45) is 17.8 Å². The Balaban J connectivity index is 1.45. The third-order valence-corrected chi connectivity index (χ3v) is 5.92. The molecule has 1 saturated carbocycles. The summed E-state index contributed by atoms with van der Waals surface area (Å²) < 4.78 is 0. The number of carbonyl (C=O) groups excluding carboxylic acids is 2. The van der Waals surface area contributed by atoms with Crippen LogP contribution in [0.2, 0.25) is 0 Å². The standard InChI is InChI=1S/C18H31N3O2/c1-13-4-6-16(7-5-13)21-12-15(9-17(21)22)18(23)20-11-14-3-2-8-19-10-14/h13-16,19H,2-12H2,1H3,(H,20,23). The first-order chi connectivity index (χ1) is 11.1. The SMILES string of the molecule is CC1CCC(N2CC(C(=O)NCC3CCCNC3)CC2=O)CC1. The summed E-state index contributed by atoms with van der Waals surface area (Å²) in [6.07, 6.45) is 7.41. The number of hydrogen-bond acceptors (Lipinski definition) is 3. The molecule has 2 amide bonds. The topological polar surface area (TPSA) is 61.4 Å². The predicted molar refractivity (Wildman–Crippen MR) is 89.8 cm³/mol. The van der Waals surface area contributed by atoms with Crippen molar-refractivity contribution < 1.29 is 9.59 Å². The number of nitrogens with zero attached hydrogens (tertiary/aromatic N) is 1. The third-order valence-electron chi connectivity index (χ3n) is 5.92. The largest absolute Gasteiger partial charge is 0.355 e. The highest BCUT2D eigenvalue weighted by atomic mass is 16.2. The van der Waals surface area contributed by atoms with Gasteiger partial charge in [0.15, 0.2) is 0 Å². The van der Waals surface area contributed by atoms with Gasteiger partial charge in [-0.3, -0.25) is 9.59 Å². The Bertz CT molecular complexity index is 426. The van der Waals surface area contributed by atoms with Crippen molar-refractivity contribution in [3.05, 3.63) is 0 Å². The van der Waals surface area contributed by atoms with Crippen LogP contribution in [-0.4, -0.2) is 48.9 Å². The Morgan fingerprint density at radius 2 is 2.04 bits per heavy atom. The number of piperidine rings is 1. The molecule has 3 aliphatic rings. The van der Waals surface area contributed by atoms with E-state index in [0.29, 0.717) is 24.9 Å². The van der Waals surface area contributed by atoms with Gasteiger partial charge in [-0.2, -0.15) is 0 Å². The predicted octanol–water partition coefficient (Wildman–Crippen LogP) is 1.53. The minimum Gasteiger partial charge on any atom is -0.355 e. The van der Waals surface area contributed by atoms with E-state index in [2.05, 4.69) is 17.6 Å². The summed E-state index contributed by atoms with van der Waals surface area (Å²) in [5.41, 5.74) is 0. The molecule has 3 rings (SSSR count). The summed E-state index contributed by atoms with van der Waals surface area (Å²) in [6, 6.07) is 0.374. The summed E-state index contributed by atoms with van der Waals surface area (Å²) in [4.78, 5) is 26.7. The number of amides is 2. The molecule has 2 heterocycles. The van der Waals surface area contributed by atoms with E-state index < -0.39 is 0 Å². The molecule has 1 aliphatic carbocycles. The second-order valence-electron chi connectivity index (χ2n) is 7.82. The average Bonchev–Trinajstić information content (AvgIpc) is 2.96. The van der Waals surface area contributed by atoms with E-state index in [9.17, 15) is 9.59 Å². The Hall–Kier alpha value is -1.10. The molecular weight excluding hydrogens is 290 g/mol. The van der Waals surface area contributed by atoms with E-state index in [4.69, 9.17) is 0 Å². The Kier molecular flexibility index (Phi) is 5.57. The molecule has 0 radical (unpaired) electrons. The van der Waals surface area contributed by atoms with Crippen LogP contribution < -0.4 is 10.6 Å². The fourth-order valence-corrected chi connectivity index (χ4v) is 4.30. The second kappa shape index (κ2) is 7.65. The smallest absolute Gasteiger partial charge is 0.225 e. The molecule has 0 bridgehead atoms. The molecule has 2 saturated heterocycles. The number of nitrogens with one attached hydrogen (secondary N) is 2. The van der Waals surface area contributed by atoms with Crippen molar-refractivity contribution >= 4 is 11.8 Å². The molecule has 23 heavy (non-hydrogen) atoms. The molecule has 2 N–H and O–H groups in total. The third kappa shape index (κ3) is 4.25. The van der Waals surface area contributed by atoms with E-state index in [1.54, 1.807) is 0 Å². The van der Waals surface area contributed by atoms with Gasteiger partial charge in [0.1, 0.15) is 0 Å².